The van der Waals surface area contributed by atoms with Gasteiger partial charge in [0, 0.05) is 31.0 Å². The van der Waals surface area contributed by atoms with Crippen molar-refractivity contribution in [3.8, 4) is 0 Å². The van der Waals surface area contributed by atoms with E-state index in [1.807, 2.05) is 49.1 Å². The van der Waals surface area contributed by atoms with Gasteiger partial charge in [0.15, 0.2) is 0 Å². The highest BCUT2D eigenvalue weighted by Crippen LogP contribution is 2.20. The van der Waals surface area contributed by atoms with Crippen LogP contribution in [0.5, 0.6) is 0 Å². The summed E-state index contributed by atoms with van der Waals surface area (Å²) in [7, 11) is 0. The first-order chi connectivity index (χ1) is 13.1. The van der Waals surface area contributed by atoms with Crippen molar-refractivity contribution in [2.75, 3.05) is 5.32 Å². The van der Waals surface area contributed by atoms with Crippen molar-refractivity contribution in [2.24, 2.45) is 0 Å². The topological polar surface area (TPSA) is 58.1 Å². The van der Waals surface area contributed by atoms with E-state index in [1.54, 1.807) is 12.4 Å². The van der Waals surface area contributed by atoms with Crippen LogP contribution in [0.4, 0.5) is 5.95 Å². The standard InChI is InChI=1S/C22H30N4O/c1-17(2)26(16-18-10-6-5-7-11-18)21(27)19-14-23-22(24-15-19)25-20-12-8-3-4-9-13-20/h5-7,10-11,14-15,17,20H,3-4,8-9,12-13,16H2,1-2H3,(H,23,24,25). The molecule has 0 radical (unpaired) electrons. The Morgan fingerprint density at radius 3 is 2.30 bits per heavy atom. The Hall–Kier alpha value is -2.43. The molecule has 1 fully saturated rings. The molecule has 1 saturated carbocycles. The summed E-state index contributed by atoms with van der Waals surface area (Å²) in [4.78, 5) is 23.6. The molecular weight excluding hydrogens is 336 g/mol. The van der Waals surface area contributed by atoms with Gasteiger partial charge >= 0.3 is 0 Å². The van der Waals surface area contributed by atoms with Crippen LogP contribution in [0.25, 0.3) is 0 Å². The van der Waals surface area contributed by atoms with E-state index in [0.717, 1.165) is 5.56 Å². The molecule has 144 valence electrons. The molecule has 2 aromatic rings. The highest BCUT2D eigenvalue weighted by molar-refractivity contribution is 5.93. The third-order valence-electron chi connectivity index (χ3n) is 5.17. The number of hydrogen-bond acceptors (Lipinski definition) is 4. The van der Waals surface area contributed by atoms with E-state index in [0.29, 0.717) is 24.1 Å². The molecule has 1 aliphatic rings. The second-order valence-corrected chi connectivity index (χ2v) is 7.64. The molecule has 5 heteroatoms. The number of aromatic nitrogens is 2. The number of rotatable bonds is 6. The molecule has 1 amide bonds. The first-order valence-corrected chi connectivity index (χ1v) is 10.1. The maximum atomic E-state index is 13.0. The summed E-state index contributed by atoms with van der Waals surface area (Å²) < 4.78 is 0. The zero-order valence-corrected chi connectivity index (χ0v) is 16.4. The molecule has 0 spiro atoms. The minimum absolute atomic E-state index is 0.0325. The van der Waals surface area contributed by atoms with E-state index in [2.05, 4.69) is 15.3 Å². The lowest BCUT2D eigenvalue weighted by Gasteiger charge is -2.27. The summed E-state index contributed by atoms with van der Waals surface area (Å²) in [6.45, 7) is 4.65. The molecule has 1 aromatic heterocycles. The predicted molar refractivity (Wildman–Crippen MR) is 109 cm³/mol. The predicted octanol–water partition coefficient (Wildman–Crippen LogP) is 4.66. The van der Waals surface area contributed by atoms with Crippen LogP contribution in [0, 0.1) is 0 Å². The molecule has 5 nitrogen and oxygen atoms in total. The van der Waals surface area contributed by atoms with Gasteiger partial charge in [-0.1, -0.05) is 56.0 Å². The first-order valence-electron chi connectivity index (χ1n) is 10.1. The molecule has 0 bridgehead atoms. The van der Waals surface area contributed by atoms with Crippen molar-refractivity contribution in [3.63, 3.8) is 0 Å². The van der Waals surface area contributed by atoms with Gasteiger partial charge in [-0.05, 0) is 32.3 Å². The smallest absolute Gasteiger partial charge is 0.257 e. The van der Waals surface area contributed by atoms with Gasteiger partial charge in [-0.15, -0.1) is 0 Å². The molecule has 27 heavy (non-hydrogen) atoms. The van der Waals surface area contributed by atoms with Crippen LogP contribution in [0.2, 0.25) is 0 Å². The number of benzene rings is 1. The number of amides is 1. The zero-order valence-electron chi connectivity index (χ0n) is 16.4. The molecule has 1 N–H and O–H groups in total. The van der Waals surface area contributed by atoms with Gasteiger partial charge in [-0.2, -0.15) is 0 Å². The fourth-order valence-electron chi connectivity index (χ4n) is 3.55. The van der Waals surface area contributed by atoms with Gasteiger partial charge in [0.05, 0.1) is 5.56 Å². The molecular formula is C22H30N4O. The SMILES string of the molecule is CC(C)N(Cc1ccccc1)C(=O)c1cnc(NC2CCCCCC2)nc1. The maximum absolute atomic E-state index is 13.0. The number of nitrogens with one attached hydrogen (secondary N) is 1. The monoisotopic (exact) mass is 366 g/mol. The summed E-state index contributed by atoms with van der Waals surface area (Å²) in [5.41, 5.74) is 1.65. The summed E-state index contributed by atoms with van der Waals surface area (Å²) in [6, 6.07) is 10.6. The molecule has 0 unspecified atom stereocenters. The van der Waals surface area contributed by atoms with Gasteiger partial charge in [-0.25, -0.2) is 9.97 Å². The van der Waals surface area contributed by atoms with Crippen molar-refractivity contribution in [1.82, 2.24) is 14.9 Å². The fraction of sp³-hybridized carbons (Fsp3) is 0.500. The van der Waals surface area contributed by atoms with Gasteiger partial charge in [0.1, 0.15) is 0 Å². The minimum Gasteiger partial charge on any atom is -0.351 e. The second kappa shape index (κ2) is 9.49. The second-order valence-electron chi connectivity index (χ2n) is 7.64. The van der Waals surface area contributed by atoms with Crippen molar-refractivity contribution in [1.29, 1.82) is 0 Å². The highest BCUT2D eigenvalue weighted by Gasteiger charge is 2.20. The molecule has 0 atom stereocenters. The lowest BCUT2D eigenvalue weighted by Crippen LogP contribution is -2.36. The third kappa shape index (κ3) is 5.52. The number of nitrogens with zero attached hydrogens (tertiary/aromatic N) is 3. The van der Waals surface area contributed by atoms with E-state index in [9.17, 15) is 4.79 Å². The number of hydrogen-bond donors (Lipinski definition) is 1. The molecule has 0 aliphatic heterocycles. The van der Waals surface area contributed by atoms with Gasteiger partial charge in [-0.3, -0.25) is 4.79 Å². The van der Waals surface area contributed by atoms with E-state index < -0.39 is 0 Å². The summed E-state index contributed by atoms with van der Waals surface area (Å²) >= 11 is 0. The first kappa shape index (κ1) is 19.3. The van der Waals surface area contributed by atoms with Crippen molar-refractivity contribution in [2.45, 2.75) is 71.0 Å². The Labute approximate surface area is 162 Å². The lowest BCUT2D eigenvalue weighted by molar-refractivity contribution is 0.0689. The summed E-state index contributed by atoms with van der Waals surface area (Å²) in [6.07, 6.45) is 10.8. The summed E-state index contributed by atoms with van der Waals surface area (Å²) in [5, 5.41) is 3.43. The zero-order chi connectivity index (χ0) is 19.1. The average molecular weight is 367 g/mol. The minimum atomic E-state index is -0.0325. The van der Waals surface area contributed by atoms with Crippen molar-refractivity contribution < 1.29 is 4.79 Å². The van der Waals surface area contributed by atoms with E-state index in [1.165, 1.54) is 38.5 Å². The molecule has 1 aromatic carbocycles. The Bertz CT molecular complexity index is 707. The number of carbonyl (C=O) groups is 1. The quantitative estimate of drug-likeness (QED) is 0.755. The highest BCUT2D eigenvalue weighted by atomic mass is 16.2. The Balaban J connectivity index is 1.65. The van der Waals surface area contributed by atoms with E-state index >= 15 is 0 Å². The molecule has 1 heterocycles. The van der Waals surface area contributed by atoms with Crippen LogP contribution in [0.1, 0.15) is 68.3 Å². The normalized spacial score (nSPS) is 15.4. The lowest BCUT2D eigenvalue weighted by atomic mass is 10.1. The summed E-state index contributed by atoms with van der Waals surface area (Å²) in [5.74, 6) is 0.590. The van der Waals surface area contributed by atoms with E-state index in [4.69, 9.17) is 0 Å². The maximum Gasteiger partial charge on any atom is 0.257 e. The van der Waals surface area contributed by atoms with Gasteiger partial charge in [0.25, 0.3) is 5.91 Å². The van der Waals surface area contributed by atoms with Gasteiger partial charge < -0.3 is 10.2 Å². The largest absolute Gasteiger partial charge is 0.351 e. The Kier molecular flexibility index (Phi) is 6.80. The fourth-order valence-corrected chi connectivity index (χ4v) is 3.55. The van der Waals surface area contributed by atoms with Crippen LogP contribution < -0.4 is 5.32 Å². The van der Waals surface area contributed by atoms with Crippen LogP contribution in [-0.4, -0.2) is 32.9 Å². The van der Waals surface area contributed by atoms with Crippen LogP contribution >= 0.6 is 0 Å². The Morgan fingerprint density at radius 1 is 1.07 bits per heavy atom. The van der Waals surface area contributed by atoms with Crippen LogP contribution in [-0.2, 0) is 6.54 Å². The van der Waals surface area contributed by atoms with Crippen molar-refractivity contribution in [3.05, 3.63) is 53.9 Å². The van der Waals surface area contributed by atoms with Crippen LogP contribution in [0.3, 0.4) is 0 Å². The number of carbonyl (C=O) groups excluding carboxylic acids is 1. The molecule has 1 aliphatic carbocycles. The van der Waals surface area contributed by atoms with Gasteiger partial charge in [0.2, 0.25) is 5.95 Å². The Morgan fingerprint density at radius 2 is 1.70 bits per heavy atom. The average Bonchev–Trinajstić information content (AvgIpc) is 2.95. The van der Waals surface area contributed by atoms with E-state index in [-0.39, 0.29) is 11.9 Å². The van der Waals surface area contributed by atoms with Crippen molar-refractivity contribution >= 4 is 11.9 Å². The van der Waals surface area contributed by atoms with Crippen LogP contribution in [0.15, 0.2) is 42.7 Å². The third-order valence-corrected chi connectivity index (χ3v) is 5.17. The molecule has 3 rings (SSSR count). The number of anilines is 1. The molecule has 0 saturated heterocycles.